The van der Waals surface area contributed by atoms with Crippen molar-refractivity contribution in [3.8, 4) is 22.4 Å². The van der Waals surface area contributed by atoms with Gasteiger partial charge in [-0.3, -0.25) is 4.68 Å². The fourth-order valence-corrected chi connectivity index (χ4v) is 4.89. The third kappa shape index (κ3) is 2.29. The van der Waals surface area contributed by atoms with E-state index < -0.39 is 0 Å². The van der Waals surface area contributed by atoms with E-state index >= 15 is 0 Å². The molecule has 1 aromatic carbocycles. The van der Waals surface area contributed by atoms with Gasteiger partial charge in [0.2, 0.25) is 0 Å². The Balaban J connectivity index is 1.44. The Morgan fingerprint density at radius 2 is 1.96 bits per heavy atom. The van der Waals surface area contributed by atoms with Gasteiger partial charge in [-0.15, -0.1) is 0 Å². The molecule has 0 amide bonds. The summed E-state index contributed by atoms with van der Waals surface area (Å²) in [4.78, 5) is 7.99. The van der Waals surface area contributed by atoms with Crippen molar-refractivity contribution in [1.29, 1.82) is 0 Å². The number of rotatable bonds is 2. The van der Waals surface area contributed by atoms with Crippen LogP contribution in [-0.2, 0) is 12.0 Å². The van der Waals surface area contributed by atoms with Crippen LogP contribution in [0.3, 0.4) is 0 Å². The molecule has 5 heteroatoms. The van der Waals surface area contributed by atoms with E-state index in [1.54, 1.807) is 0 Å². The van der Waals surface area contributed by atoms with Gasteiger partial charge in [0.15, 0.2) is 0 Å². The van der Waals surface area contributed by atoms with Gasteiger partial charge < -0.3 is 10.3 Å². The molecule has 2 aliphatic rings. The highest BCUT2D eigenvalue weighted by Gasteiger charge is 2.42. The molecule has 5 nitrogen and oxygen atoms in total. The van der Waals surface area contributed by atoms with Gasteiger partial charge in [0.05, 0.1) is 5.69 Å². The van der Waals surface area contributed by atoms with Crippen LogP contribution in [0.5, 0.6) is 0 Å². The monoisotopic (exact) mass is 369 g/mol. The SMILES string of the molecule is Cc1ccc(-c2c[nH]c3ncc(-c4cc5n(n4)CCC54CCNC4)cc23)cc1. The summed E-state index contributed by atoms with van der Waals surface area (Å²) in [6.07, 6.45) is 6.41. The number of pyridine rings is 1. The van der Waals surface area contributed by atoms with E-state index in [4.69, 9.17) is 5.10 Å². The van der Waals surface area contributed by atoms with Gasteiger partial charge in [0.1, 0.15) is 5.65 Å². The average molecular weight is 369 g/mol. The molecule has 6 rings (SSSR count). The van der Waals surface area contributed by atoms with Crippen molar-refractivity contribution in [3.05, 3.63) is 60.0 Å². The first-order chi connectivity index (χ1) is 13.7. The first-order valence-corrected chi connectivity index (χ1v) is 10.1. The molecule has 140 valence electrons. The number of hydrogen-bond acceptors (Lipinski definition) is 3. The highest BCUT2D eigenvalue weighted by atomic mass is 15.3. The second-order valence-electron chi connectivity index (χ2n) is 8.28. The predicted molar refractivity (Wildman–Crippen MR) is 111 cm³/mol. The van der Waals surface area contributed by atoms with Crippen LogP contribution in [0.15, 0.2) is 48.8 Å². The van der Waals surface area contributed by atoms with Crippen molar-refractivity contribution in [2.75, 3.05) is 13.1 Å². The van der Waals surface area contributed by atoms with Crippen LogP contribution in [0.25, 0.3) is 33.4 Å². The van der Waals surface area contributed by atoms with Crippen LogP contribution in [-0.4, -0.2) is 32.8 Å². The molecule has 0 aliphatic carbocycles. The summed E-state index contributed by atoms with van der Waals surface area (Å²) in [5.41, 5.74) is 8.37. The lowest BCUT2D eigenvalue weighted by Crippen LogP contribution is -2.25. The molecule has 5 heterocycles. The Bertz CT molecular complexity index is 1180. The van der Waals surface area contributed by atoms with E-state index in [9.17, 15) is 0 Å². The number of nitrogens with zero attached hydrogens (tertiary/aromatic N) is 3. The molecule has 1 unspecified atom stereocenters. The first-order valence-electron chi connectivity index (χ1n) is 10.1. The Hall–Kier alpha value is -2.92. The zero-order valence-electron chi connectivity index (χ0n) is 16.0. The van der Waals surface area contributed by atoms with Crippen LogP contribution in [0.2, 0.25) is 0 Å². The number of H-pyrrole nitrogens is 1. The minimum absolute atomic E-state index is 0.282. The summed E-state index contributed by atoms with van der Waals surface area (Å²) in [5.74, 6) is 0. The molecular formula is C23H23N5. The van der Waals surface area contributed by atoms with Crippen molar-refractivity contribution in [2.24, 2.45) is 0 Å². The molecule has 3 aromatic heterocycles. The van der Waals surface area contributed by atoms with Crippen molar-refractivity contribution in [3.63, 3.8) is 0 Å². The minimum Gasteiger partial charge on any atom is -0.346 e. The van der Waals surface area contributed by atoms with E-state index in [0.717, 1.165) is 41.9 Å². The highest BCUT2D eigenvalue weighted by Crippen LogP contribution is 2.41. The topological polar surface area (TPSA) is 58.5 Å². The zero-order chi connectivity index (χ0) is 18.7. The van der Waals surface area contributed by atoms with Crippen LogP contribution in [0.1, 0.15) is 24.1 Å². The van der Waals surface area contributed by atoms with E-state index in [2.05, 4.69) is 69.5 Å². The van der Waals surface area contributed by atoms with Gasteiger partial charge in [-0.05, 0) is 44.0 Å². The van der Waals surface area contributed by atoms with Gasteiger partial charge in [-0.1, -0.05) is 29.8 Å². The molecule has 1 atom stereocenters. The maximum Gasteiger partial charge on any atom is 0.137 e. The third-order valence-electron chi connectivity index (χ3n) is 6.56. The molecule has 2 aliphatic heterocycles. The van der Waals surface area contributed by atoms with Crippen LogP contribution in [0.4, 0.5) is 0 Å². The van der Waals surface area contributed by atoms with Crippen molar-refractivity contribution < 1.29 is 0 Å². The number of hydrogen-bond donors (Lipinski definition) is 2. The maximum absolute atomic E-state index is 4.92. The van der Waals surface area contributed by atoms with Gasteiger partial charge in [-0.2, -0.15) is 5.10 Å². The molecule has 1 saturated heterocycles. The molecule has 0 bridgehead atoms. The first kappa shape index (κ1) is 16.1. The Morgan fingerprint density at radius 3 is 2.79 bits per heavy atom. The average Bonchev–Trinajstić information content (AvgIpc) is 3.48. The van der Waals surface area contributed by atoms with E-state index in [-0.39, 0.29) is 5.41 Å². The summed E-state index contributed by atoms with van der Waals surface area (Å²) in [7, 11) is 0. The largest absolute Gasteiger partial charge is 0.346 e. The van der Waals surface area contributed by atoms with Gasteiger partial charge in [0.25, 0.3) is 0 Å². The zero-order valence-corrected chi connectivity index (χ0v) is 16.0. The summed E-state index contributed by atoms with van der Waals surface area (Å²) < 4.78 is 2.21. The Kier molecular flexibility index (Phi) is 3.32. The highest BCUT2D eigenvalue weighted by molar-refractivity contribution is 5.95. The lowest BCUT2D eigenvalue weighted by molar-refractivity contribution is 0.467. The molecule has 1 fully saturated rings. The Morgan fingerprint density at radius 1 is 1.07 bits per heavy atom. The summed E-state index contributed by atoms with van der Waals surface area (Å²) in [6, 6.07) is 13.2. The molecule has 28 heavy (non-hydrogen) atoms. The van der Waals surface area contributed by atoms with E-state index in [0.29, 0.717) is 0 Å². The fraction of sp³-hybridized carbons (Fsp3) is 0.304. The third-order valence-corrected chi connectivity index (χ3v) is 6.56. The van der Waals surface area contributed by atoms with Crippen molar-refractivity contribution in [2.45, 2.75) is 31.7 Å². The molecular weight excluding hydrogens is 346 g/mol. The van der Waals surface area contributed by atoms with Crippen LogP contribution < -0.4 is 5.32 Å². The molecule has 0 radical (unpaired) electrons. The van der Waals surface area contributed by atoms with E-state index in [1.807, 2.05) is 6.20 Å². The van der Waals surface area contributed by atoms with Crippen LogP contribution in [0, 0.1) is 6.92 Å². The normalized spacial score (nSPS) is 21.0. The predicted octanol–water partition coefficient (Wildman–Crippen LogP) is 4.04. The molecule has 4 aromatic rings. The summed E-state index contributed by atoms with van der Waals surface area (Å²) in [5, 5.41) is 9.61. The lowest BCUT2D eigenvalue weighted by atomic mass is 9.82. The number of aryl methyl sites for hydroxylation is 2. The van der Waals surface area contributed by atoms with Crippen LogP contribution >= 0.6 is 0 Å². The summed E-state index contributed by atoms with van der Waals surface area (Å²) >= 11 is 0. The van der Waals surface area contributed by atoms with Gasteiger partial charge >= 0.3 is 0 Å². The lowest BCUT2D eigenvalue weighted by Gasteiger charge is -2.20. The number of fused-ring (bicyclic) bond motifs is 3. The van der Waals surface area contributed by atoms with E-state index in [1.165, 1.54) is 35.2 Å². The van der Waals surface area contributed by atoms with Gasteiger partial charge in [-0.25, -0.2) is 4.98 Å². The Labute approximate surface area is 163 Å². The second kappa shape index (κ2) is 5.79. The second-order valence-corrected chi connectivity index (χ2v) is 8.28. The molecule has 2 N–H and O–H groups in total. The standard InChI is InChI=1S/C23H23N5/c1-15-2-4-16(5-3-15)19-13-26-22-18(19)10-17(12-25-22)20-11-21-23(6-8-24-14-23)7-9-28(21)27-20/h2-5,10-13,24H,6-9,14H2,1H3,(H,25,26). The maximum atomic E-state index is 4.92. The molecule has 0 saturated carbocycles. The fourth-order valence-electron chi connectivity index (χ4n) is 4.89. The molecule has 1 spiro atoms. The number of nitrogens with one attached hydrogen (secondary N) is 2. The summed E-state index contributed by atoms with van der Waals surface area (Å²) in [6.45, 7) is 5.32. The van der Waals surface area contributed by atoms with Gasteiger partial charge in [0, 0.05) is 53.1 Å². The quantitative estimate of drug-likeness (QED) is 0.561. The van der Waals surface area contributed by atoms with Crippen molar-refractivity contribution >= 4 is 11.0 Å². The number of benzene rings is 1. The van der Waals surface area contributed by atoms with Crippen molar-refractivity contribution in [1.82, 2.24) is 25.1 Å². The minimum atomic E-state index is 0.282. The number of aromatic nitrogens is 4. The number of aromatic amines is 1. The smallest absolute Gasteiger partial charge is 0.137 e.